The van der Waals surface area contributed by atoms with Crippen molar-refractivity contribution in [3.8, 4) is 5.75 Å². The smallest absolute Gasteiger partial charge is 0.266 e. The fraction of sp³-hybridized carbons (Fsp3) is 0.0526. The van der Waals surface area contributed by atoms with Crippen LogP contribution in [0.1, 0.15) is 21.6 Å². The molecule has 0 bridgehead atoms. The highest BCUT2D eigenvalue weighted by Crippen LogP contribution is 2.37. The SMILES string of the molecule is COc1ccccc1N1C(=O)/C(=C/c2csnn2)c2ccccc2C1=O. The number of nitrogens with zero attached hydrogens (tertiary/aromatic N) is 3. The zero-order valence-corrected chi connectivity index (χ0v) is 14.6. The van der Waals surface area contributed by atoms with Crippen LogP contribution in [0, 0.1) is 0 Å². The number of amides is 2. The van der Waals surface area contributed by atoms with Crippen LogP contribution in [-0.4, -0.2) is 28.5 Å². The Hall–Kier alpha value is -3.32. The Labute approximate surface area is 153 Å². The number of ether oxygens (including phenoxy) is 1. The molecule has 26 heavy (non-hydrogen) atoms. The number of carbonyl (C=O) groups is 2. The van der Waals surface area contributed by atoms with Crippen LogP contribution in [0.15, 0.2) is 53.9 Å². The van der Waals surface area contributed by atoms with Crippen LogP contribution in [0.2, 0.25) is 0 Å². The maximum Gasteiger partial charge on any atom is 0.266 e. The Morgan fingerprint density at radius 3 is 2.46 bits per heavy atom. The lowest BCUT2D eigenvalue weighted by Crippen LogP contribution is -2.42. The lowest BCUT2D eigenvalue weighted by Gasteiger charge is -2.29. The summed E-state index contributed by atoms with van der Waals surface area (Å²) in [5.74, 6) is -0.363. The van der Waals surface area contributed by atoms with Crippen molar-refractivity contribution in [1.82, 2.24) is 9.59 Å². The summed E-state index contributed by atoms with van der Waals surface area (Å²) < 4.78 is 9.16. The molecule has 0 saturated carbocycles. The molecule has 0 radical (unpaired) electrons. The maximum absolute atomic E-state index is 13.2. The largest absolute Gasteiger partial charge is 0.495 e. The first kappa shape index (κ1) is 16.2. The van der Waals surface area contributed by atoms with Gasteiger partial charge in [0, 0.05) is 16.5 Å². The second-order valence-corrected chi connectivity index (χ2v) is 6.16. The van der Waals surface area contributed by atoms with Gasteiger partial charge in [-0.25, -0.2) is 4.90 Å². The monoisotopic (exact) mass is 363 g/mol. The third-order valence-electron chi connectivity index (χ3n) is 4.08. The maximum atomic E-state index is 13.2. The van der Waals surface area contributed by atoms with E-state index >= 15 is 0 Å². The fourth-order valence-corrected chi connectivity index (χ4v) is 3.32. The van der Waals surface area contributed by atoms with Gasteiger partial charge in [0.05, 0.1) is 24.1 Å². The first-order valence-electron chi connectivity index (χ1n) is 7.80. The quantitative estimate of drug-likeness (QED) is 0.527. The number of benzene rings is 2. The predicted octanol–water partition coefficient (Wildman–Crippen LogP) is 3.27. The number of anilines is 1. The molecular formula is C19H13N3O3S. The molecule has 6 nitrogen and oxygen atoms in total. The first-order chi connectivity index (χ1) is 12.7. The summed E-state index contributed by atoms with van der Waals surface area (Å²) in [6, 6.07) is 14.0. The average Bonchev–Trinajstić information content (AvgIpc) is 3.19. The average molecular weight is 363 g/mol. The van der Waals surface area contributed by atoms with E-state index in [1.165, 1.54) is 18.6 Å². The highest BCUT2D eigenvalue weighted by atomic mass is 32.1. The highest BCUT2D eigenvalue weighted by Gasteiger charge is 2.37. The summed E-state index contributed by atoms with van der Waals surface area (Å²) >= 11 is 1.20. The van der Waals surface area contributed by atoms with E-state index in [0.717, 1.165) is 4.90 Å². The van der Waals surface area contributed by atoms with Crippen LogP contribution in [0.25, 0.3) is 11.6 Å². The number of fused-ring (bicyclic) bond motifs is 1. The number of para-hydroxylation sites is 2. The van der Waals surface area contributed by atoms with Crippen LogP contribution in [-0.2, 0) is 4.79 Å². The molecule has 0 saturated heterocycles. The van der Waals surface area contributed by atoms with Crippen molar-refractivity contribution in [1.29, 1.82) is 0 Å². The van der Waals surface area contributed by atoms with Crippen molar-refractivity contribution in [3.63, 3.8) is 0 Å². The molecule has 2 amide bonds. The van der Waals surface area contributed by atoms with Crippen molar-refractivity contribution in [2.24, 2.45) is 0 Å². The van der Waals surface area contributed by atoms with Crippen LogP contribution in [0.4, 0.5) is 5.69 Å². The zero-order valence-electron chi connectivity index (χ0n) is 13.7. The minimum Gasteiger partial charge on any atom is -0.495 e. The molecule has 2 heterocycles. The van der Waals surface area contributed by atoms with Crippen molar-refractivity contribution >= 4 is 40.7 Å². The van der Waals surface area contributed by atoms with Gasteiger partial charge in [0.15, 0.2) is 0 Å². The van der Waals surface area contributed by atoms with Crippen LogP contribution in [0.5, 0.6) is 5.75 Å². The van der Waals surface area contributed by atoms with Gasteiger partial charge in [0.25, 0.3) is 11.8 Å². The van der Waals surface area contributed by atoms with Crippen molar-refractivity contribution in [2.75, 3.05) is 12.0 Å². The fourth-order valence-electron chi connectivity index (χ4n) is 2.91. The van der Waals surface area contributed by atoms with Gasteiger partial charge in [-0.2, -0.15) is 0 Å². The normalized spacial score (nSPS) is 15.3. The van der Waals surface area contributed by atoms with E-state index in [2.05, 4.69) is 9.59 Å². The van der Waals surface area contributed by atoms with Gasteiger partial charge in [0.2, 0.25) is 0 Å². The van der Waals surface area contributed by atoms with E-state index in [-0.39, 0.29) is 5.91 Å². The number of carbonyl (C=O) groups excluding carboxylic acids is 2. The molecular weight excluding hydrogens is 350 g/mol. The van der Waals surface area contributed by atoms with Gasteiger partial charge in [-0.3, -0.25) is 9.59 Å². The van der Waals surface area contributed by atoms with E-state index < -0.39 is 5.91 Å². The Balaban J connectivity index is 1.93. The molecule has 1 aliphatic rings. The van der Waals surface area contributed by atoms with E-state index in [4.69, 9.17) is 4.74 Å². The summed E-state index contributed by atoms with van der Waals surface area (Å²) in [5, 5.41) is 5.72. The predicted molar refractivity (Wildman–Crippen MR) is 99.0 cm³/mol. The Morgan fingerprint density at radius 2 is 1.73 bits per heavy atom. The Bertz CT molecular complexity index is 1030. The van der Waals surface area contributed by atoms with E-state index in [9.17, 15) is 9.59 Å². The topological polar surface area (TPSA) is 72.4 Å². The summed E-state index contributed by atoms with van der Waals surface area (Å²) in [6.45, 7) is 0. The Morgan fingerprint density at radius 1 is 1.00 bits per heavy atom. The molecule has 0 aliphatic carbocycles. The minimum absolute atomic E-state index is 0.386. The number of imide groups is 1. The summed E-state index contributed by atoms with van der Waals surface area (Å²) in [6.07, 6.45) is 1.65. The van der Waals surface area contributed by atoms with Gasteiger partial charge in [-0.1, -0.05) is 34.8 Å². The molecule has 0 unspecified atom stereocenters. The lowest BCUT2D eigenvalue weighted by atomic mass is 9.92. The second-order valence-electron chi connectivity index (χ2n) is 5.55. The third-order valence-corrected chi connectivity index (χ3v) is 4.60. The minimum atomic E-state index is -0.425. The molecule has 0 fully saturated rings. The van der Waals surface area contributed by atoms with Gasteiger partial charge in [-0.05, 0) is 35.8 Å². The molecule has 1 aromatic heterocycles. The number of rotatable bonds is 3. The first-order valence-corrected chi connectivity index (χ1v) is 8.64. The highest BCUT2D eigenvalue weighted by molar-refractivity contribution is 7.03. The van der Waals surface area contributed by atoms with Gasteiger partial charge >= 0.3 is 0 Å². The molecule has 128 valence electrons. The van der Waals surface area contributed by atoms with Gasteiger partial charge < -0.3 is 4.74 Å². The number of hydrogen-bond donors (Lipinski definition) is 0. The molecule has 7 heteroatoms. The summed E-state index contributed by atoms with van der Waals surface area (Å²) in [5.41, 5.74) is 2.40. The molecule has 0 N–H and O–H groups in total. The summed E-state index contributed by atoms with van der Waals surface area (Å²) in [7, 11) is 1.50. The molecule has 4 rings (SSSR count). The van der Waals surface area contributed by atoms with Crippen LogP contribution < -0.4 is 9.64 Å². The van der Waals surface area contributed by atoms with Crippen LogP contribution >= 0.6 is 11.5 Å². The standard InChI is InChI=1S/C19H13N3O3S/c1-25-17-9-5-4-8-16(17)22-18(23)14-7-3-2-6-13(14)15(19(22)24)10-12-11-26-21-20-12/h2-11H,1H3/b15-10+. The Kier molecular flexibility index (Phi) is 4.06. The van der Waals surface area contributed by atoms with Gasteiger partial charge in [0.1, 0.15) is 5.75 Å². The number of aromatic nitrogens is 2. The second kappa shape index (κ2) is 6.53. The van der Waals surface area contributed by atoms with E-state index in [1.54, 1.807) is 60.0 Å². The van der Waals surface area contributed by atoms with Crippen molar-refractivity contribution < 1.29 is 14.3 Å². The van der Waals surface area contributed by atoms with E-state index in [0.29, 0.717) is 33.8 Å². The number of hydrogen-bond acceptors (Lipinski definition) is 6. The molecule has 3 aromatic rings. The lowest BCUT2D eigenvalue weighted by molar-refractivity contribution is -0.112. The third kappa shape index (κ3) is 2.58. The molecule has 0 spiro atoms. The van der Waals surface area contributed by atoms with Gasteiger partial charge in [-0.15, -0.1) is 5.10 Å². The zero-order chi connectivity index (χ0) is 18.1. The molecule has 2 aromatic carbocycles. The molecule has 1 aliphatic heterocycles. The summed E-state index contributed by atoms with van der Waals surface area (Å²) in [4.78, 5) is 27.4. The molecule has 0 atom stereocenters. The van der Waals surface area contributed by atoms with E-state index in [1.807, 2.05) is 0 Å². The van der Waals surface area contributed by atoms with Crippen molar-refractivity contribution in [2.45, 2.75) is 0 Å². The van der Waals surface area contributed by atoms with Crippen molar-refractivity contribution in [3.05, 3.63) is 70.7 Å². The van der Waals surface area contributed by atoms with Crippen LogP contribution in [0.3, 0.4) is 0 Å². The number of methoxy groups -OCH3 is 1.